The zero-order valence-corrected chi connectivity index (χ0v) is 19.0. The summed E-state index contributed by atoms with van der Waals surface area (Å²) in [4.78, 5) is 23.6. The standard InChI is InChI=1S/C26H17N5O3S/c27-13-17-5-1-2-6-18(17)15-30-16-20(22-7-3-4-8-23(22)30)14-28-29-26(32)25-12-19-11-21(31(33)34)9-10-24(19)35-25/h1-12,14,16H,15H2,(H,29,32). The van der Waals surface area contributed by atoms with Crippen LogP contribution in [0.4, 0.5) is 5.69 Å². The van der Waals surface area contributed by atoms with E-state index in [1.165, 1.54) is 23.5 Å². The minimum atomic E-state index is -0.462. The van der Waals surface area contributed by atoms with Crippen molar-refractivity contribution in [2.75, 3.05) is 0 Å². The lowest BCUT2D eigenvalue weighted by atomic mass is 10.1. The largest absolute Gasteiger partial charge is 0.342 e. The van der Waals surface area contributed by atoms with Gasteiger partial charge in [-0.2, -0.15) is 10.4 Å². The van der Waals surface area contributed by atoms with Crippen molar-refractivity contribution >= 4 is 50.1 Å². The molecule has 2 heterocycles. The zero-order valence-electron chi connectivity index (χ0n) is 18.2. The van der Waals surface area contributed by atoms with Crippen molar-refractivity contribution < 1.29 is 9.72 Å². The van der Waals surface area contributed by atoms with E-state index in [1.807, 2.05) is 53.2 Å². The van der Waals surface area contributed by atoms with Crippen LogP contribution in [0.15, 0.2) is 84.1 Å². The Kier molecular flexibility index (Phi) is 5.79. The Hall–Kier alpha value is -4.81. The van der Waals surface area contributed by atoms with Crippen molar-refractivity contribution in [2.24, 2.45) is 5.10 Å². The van der Waals surface area contributed by atoms with E-state index in [4.69, 9.17) is 0 Å². The highest BCUT2D eigenvalue weighted by Gasteiger charge is 2.13. The molecule has 170 valence electrons. The number of fused-ring (bicyclic) bond motifs is 2. The van der Waals surface area contributed by atoms with Gasteiger partial charge in [-0.15, -0.1) is 11.3 Å². The SMILES string of the molecule is N#Cc1ccccc1Cn1cc(C=NNC(=O)c2cc3cc([N+](=O)[O-])ccc3s2)c2ccccc21. The average molecular weight is 480 g/mol. The van der Waals surface area contributed by atoms with E-state index in [2.05, 4.69) is 16.6 Å². The van der Waals surface area contributed by atoms with Gasteiger partial charge >= 0.3 is 0 Å². The van der Waals surface area contributed by atoms with Crippen LogP contribution in [-0.4, -0.2) is 21.6 Å². The second kappa shape index (κ2) is 9.21. The van der Waals surface area contributed by atoms with E-state index < -0.39 is 10.8 Å². The van der Waals surface area contributed by atoms with Crippen molar-refractivity contribution in [2.45, 2.75) is 6.54 Å². The van der Waals surface area contributed by atoms with E-state index >= 15 is 0 Å². The van der Waals surface area contributed by atoms with E-state index in [9.17, 15) is 20.2 Å². The molecule has 0 atom stereocenters. The first-order valence-electron chi connectivity index (χ1n) is 10.6. The summed E-state index contributed by atoms with van der Waals surface area (Å²) in [5.41, 5.74) is 5.87. The highest BCUT2D eigenvalue weighted by molar-refractivity contribution is 7.20. The molecule has 5 rings (SSSR count). The number of non-ortho nitro benzene ring substituents is 1. The molecule has 0 aliphatic heterocycles. The topological polar surface area (TPSA) is 113 Å². The Morgan fingerprint density at radius 3 is 2.77 bits per heavy atom. The van der Waals surface area contributed by atoms with Crippen LogP contribution in [0, 0.1) is 21.4 Å². The van der Waals surface area contributed by atoms with Gasteiger partial charge < -0.3 is 4.57 Å². The maximum atomic E-state index is 12.6. The predicted molar refractivity (Wildman–Crippen MR) is 136 cm³/mol. The third-order valence-corrected chi connectivity index (χ3v) is 6.72. The van der Waals surface area contributed by atoms with E-state index in [0.29, 0.717) is 22.4 Å². The van der Waals surface area contributed by atoms with Crippen LogP contribution < -0.4 is 5.43 Å². The van der Waals surface area contributed by atoms with Gasteiger partial charge in [-0.1, -0.05) is 36.4 Å². The summed E-state index contributed by atoms with van der Waals surface area (Å²) in [5.74, 6) is -0.392. The van der Waals surface area contributed by atoms with Gasteiger partial charge in [0.2, 0.25) is 0 Å². The van der Waals surface area contributed by atoms with Crippen LogP contribution in [0.25, 0.3) is 21.0 Å². The highest BCUT2D eigenvalue weighted by atomic mass is 32.1. The second-order valence-electron chi connectivity index (χ2n) is 7.79. The monoisotopic (exact) mass is 479 g/mol. The Bertz CT molecular complexity index is 1680. The van der Waals surface area contributed by atoms with Crippen LogP contribution in [0.5, 0.6) is 0 Å². The van der Waals surface area contributed by atoms with E-state index in [0.717, 1.165) is 26.7 Å². The molecule has 35 heavy (non-hydrogen) atoms. The Morgan fingerprint density at radius 1 is 1.14 bits per heavy atom. The first kappa shape index (κ1) is 22.0. The Labute approximate surface area is 203 Å². The lowest BCUT2D eigenvalue weighted by molar-refractivity contribution is -0.384. The van der Waals surface area contributed by atoms with Gasteiger partial charge in [0, 0.05) is 51.4 Å². The molecule has 0 unspecified atom stereocenters. The summed E-state index contributed by atoms with van der Waals surface area (Å²) in [5, 5.41) is 26.1. The number of nitrogens with zero attached hydrogens (tertiary/aromatic N) is 4. The van der Waals surface area contributed by atoms with Crippen LogP contribution in [-0.2, 0) is 6.54 Å². The summed E-state index contributed by atoms with van der Waals surface area (Å²) in [6.45, 7) is 0.526. The summed E-state index contributed by atoms with van der Waals surface area (Å²) in [7, 11) is 0. The number of hydrogen-bond acceptors (Lipinski definition) is 6. The lowest BCUT2D eigenvalue weighted by Gasteiger charge is -2.07. The number of thiophene rings is 1. The average Bonchev–Trinajstić information content (AvgIpc) is 3.46. The van der Waals surface area contributed by atoms with Gasteiger partial charge in [0.1, 0.15) is 0 Å². The molecule has 8 nitrogen and oxygen atoms in total. The minimum Gasteiger partial charge on any atom is -0.342 e. The summed E-state index contributed by atoms with van der Waals surface area (Å²) < 4.78 is 2.83. The van der Waals surface area contributed by atoms with Gasteiger partial charge in [0.25, 0.3) is 11.6 Å². The van der Waals surface area contributed by atoms with E-state index in [1.54, 1.807) is 24.4 Å². The van der Waals surface area contributed by atoms with Crippen LogP contribution in [0.3, 0.4) is 0 Å². The smallest absolute Gasteiger partial charge is 0.281 e. The number of hydrazone groups is 1. The van der Waals surface area contributed by atoms with Crippen molar-refractivity contribution in [1.29, 1.82) is 5.26 Å². The number of nitro groups is 1. The summed E-state index contributed by atoms with van der Waals surface area (Å²) in [6, 6.07) is 23.7. The molecular formula is C26H17N5O3S. The number of carbonyl (C=O) groups excluding carboxylic acids is 1. The third kappa shape index (κ3) is 4.38. The molecule has 0 saturated heterocycles. The van der Waals surface area contributed by atoms with Crippen molar-refractivity contribution in [3.8, 4) is 6.07 Å². The Morgan fingerprint density at radius 2 is 1.94 bits per heavy atom. The number of hydrogen-bond donors (Lipinski definition) is 1. The number of para-hydroxylation sites is 1. The first-order valence-corrected chi connectivity index (χ1v) is 11.4. The fraction of sp³-hybridized carbons (Fsp3) is 0.0385. The molecule has 1 amide bonds. The molecule has 0 bridgehead atoms. The molecule has 5 aromatic rings. The van der Waals surface area contributed by atoms with Gasteiger partial charge in [-0.25, -0.2) is 5.43 Å². The second-order valence-corrected chi connectivity index (χ2v) is 8.87. The van der Waals surface area contributed by atoms with E-state index in [-0.39, 0.29) is 5.69 Å². The van der Waals surface area contributed by atoms with Crippen molar-refractivity contribution in [3.63, 3.8) is 0 Å². The minimum absolute atomic E-state index is 0.0194. The fourth-order valence-corrected chi connectivity index (χ4v) is 4.86. The fourth-order valence-electron chi connectivity index (χ4n) is 3.93. The summed E-state index contributed by atoms with van der Waals surface area (Å²) in [6.07, 6.45) is 3.53. The Balaban J connectivity index is 1.38. The maximum Gasteiger partial charge on any atom is 0.281 e. The molecule has 0 radical (unpaired) electrons. The molecular weight excluding hydrogens is 462 g/mol. The normalized spacial score (nSPS) is 11.2. The lowest BCUT2D eigenvalue weighted by Crippen LogP contribution is -2.16. The quantitative estimate of drug-likeness (QED) is 0.198. The molecule has 2 aromatic heterocycles. The number of rotatable bonds is 6. The third-order valence-electron chi connectivity index (χ3n) is 5.60. The molecule has 0 fully saturated rings. The van der Waals surface area contributed by atoms with Crippen LogP contribution >= 0.6 is 11.3 Å². The first-order chi connectivity index (χ1) is 17.0. The van der Waals surface area contributed by atoms with Crippen LogP contribution in [0.2, 0.25) is 0 Å². The number of nitrogens with one attached hydrogen (secondary N) is 1. The number of amides is 1. The molecule has 0 saturated carbocycles. The number of nitro benzene ring substituents is 1. The molecule has 0 spiro atoms. The number of benzene rings is 3. The van der Waals surface area contributed by atoms with Gasteiger partial charge in [-0.3, -0.25) is 14.9 Å². The molecule has 3 aromatic carbocycles. The molecule has 0 aliphatic rings. The predicted octanol–water partition coefficient (Wildman–Crippen LogP) is 5.45. The van der Waals surface area contributed by atoms with Gasteiger partial charge in [-0.05, 0) is 29.8 Å². The van der Waals surface area contributed by atoms with Gasteiger partial charge in [0.05, 0.1) is 27.6 Å². The number of aromatic nitrogens is 1. The highest BCUT2D eigenvalue weighted by Crippen LogP contribution is 2.29. The molecule has 0 aliphatic carbocycles. The zero-order chi connectivity index (χ0) is 24.4. The maximum absolute atomic E-state index is 12.6. The number of nitriles is 1. The molecule has 1 N–H and O–H groups in total. The number of carbonyl (C=O) groups is 1. The van der Waals surface area contributed by atoms with Crippen molar-refractivity contribution in [3.05, 3.63) is 111 Å². The van der Waals surface area contributed by atoms with Crippen molar-refractivity contribution in [1.82, 2.24) is 9.99 Å². The van der Waals surface area contributed by atoms with Gasteiger partial charge in [0.15, 0.2) is 0 Å². The molecule has 9 heteroatoms. The van der Waals surface area contributed by atoms with Crippen LogP contribution in [0.1, 0.15) is 26.4 Å². The summed E-state index contributed by atoms with van der Waals surface area (Å²) >= 11 is 1.24.